The van der Waals surface area contributed by atoms with E-state index in [4.69, 9.17) is 9.47 Å². The van der Waals surface area contributed by atoms with Crippen LogP contribution in [0.15, 0.2) is 24.3 Å². The number of hydrogen-bond donors (Lipinski definition) is 0. The molecule has 2 aromatic rings. The van der Waals surface area contributed by atoms with Crippen molar-refractivity contribution >= 4 is 0 Å². The first kappa shape index (κ1) is 18.2. The standard InChI is InChI=1S/C19H21F3O2/c1-11(2)19-17(23-3)7-12(8-18(19)24-4)5-6-14-15(21)9-13(20)10-16(14)22/h7-11H,5-6H2,1-4H3. The zero-order chi connectivity index (χ0) is 17.9. The smallest absolute Gasteiger partial charge is 0.132 e. The van der Waals surface area contributed by atoms with Crippen LogP contribution in [0.1, 0.15) is 36.5 Å². The lowest BCUT2D eigenvalue weighted by Crippen LogP contribution is -2.03. The highest BCUT2D eigenvalue weighted by Gasteiger charge is 2.17. The Morgan fingerprint density at radius 3 is 1.75 bits per heavy atom. The molecule has 0 N–H and O–H groups in total. The van der Waals surface area contributed by atoms with E-state index in [0.29, 0.717) is 30.1 Å². The summed E-state index contributed by atoms with van der Waals surface area (Å²) in [6, 6.07) is 5.08. The van der Waals surface area contributed by atoms with E-state index in [-0.39, 0.29) is 17.9 Å². The fourth-order valence-corrected chi connectivity index (χ4v) is 2.79. The molecule has 0 aliphatic rings. The molecule has 2 nitrogen and oxygen atoms in total. The minimum absolute atomic E-state index is 0.116. The summed E-state index contributed by atoms with van der Waals surface area (Å²) in [6.07, 6.45) is 0.496. The Morgan fingerprint density at radius 1 is 0.833 bits per heavy atom. The van der Waals surface area contributed by atoms with Crippen LogP contribution in [-0.4, -0.2) is 14.2 Å². The van der Waals surface area contributed by atoms with Gasteiger partial charge in [-0.3, -0.25) is 0 Å². The maximum atomic E-state index is 13.7. The summed E-state index contributed by atoms with van der Waals surface area (Å²) in [4.78, 5) is 0. The van der Waals surface area contributed by atoms with Crippen molar-refractivity contribution in [1.29, 1.82) is 0 Å². The van der Waals surface area contributed by atoms with Gasteiger partial charge in [-0.25, -0.2) is 13.2 Å². The number of hydrogen-bond acceptors (Lipinski definition) is 2. The minimum Gasteiger partial charge on any atom is -0.496 e. The van der Waals surface area contributed by atoms with Crippen molar-refractivity contribution in [2.24, 2.45) is 0 Å². The Labute approximate surface area is 140 Å². The molecule has 0 aromatic heterocycles. The molecule has 130 valence electrons. The molecule has 0 atom stereocenters. The van der Waals surface area contributed by atoms with Gasteiger partial charge in [0.1, 0.15) is 29.0 Å². The third kappa shape index (κ3) is 3.83. The van der Waals surface area contributed by atoms with E-state index < -0.39 is 17.5 Å². The molecule has 0 aliphatic heterocycles. The Hall–Kier alpha value is -2.17. The minimum atomic E-state index is -0.918. The number of ether oxygens (including phenoxy) is 2. The van der Waals surface area contributed by atoms with Gasteiger partial charge in [-0.2, -0.15) is 0 Å². The van der Waals surface area contributed by atoms with Gasteiger partial charge in [0.2, 0.25) is 0 Å². The van der Waals surface area contributed by atoms with Crippen molar-refractivity contribution in [3.63, 3.8) is 0 Å². The summed E-state index contributed by atoms with van der Waals surface area (Å²) in [7, 11) is 3.15. The van der Waals surface area contributed by atoms with E-state index in [1.165, 1.54) is 0 Å². The van der Waals surface area contributed by atoms with Crippen LogP contribution < -0.4 is 9.47 Å². The largest absolute Gasteiger partial charge is 0.496 e. The van der Waals surface area contributed by atoms with Gasteiger partial charge in [0.25, 0.3) is 0 Å². The highest BCUT2D eigenvalue weighted by Crippen LogP contribution is 2.36. The number of rotatable bonds is 6. The number of halogens is 3. The van der Waals surface area contributed by atoms with Gasteiger partial charge in [-0.15, -0.1) is 0 Å². The fourth-order valence-electron chi connectivity index (χ4n) is 2.79. The van der Waals surface area contributed by atoms with Gasteiger partial charge >= 0.3 is 0 Å². The van der Waals surface area contributed by atoms with Gasteiger partial charge in [-0.05, 0) is 36.5 Å². The summed E-state index contributed by atoms with van der Waals surface area (Å²) >= 11 is 0. The van der Waals surface area contributed by atoms with E-state index in [0.717, 1.165) is 11.1 Å². The summed E-state index contributed by atoms with van der Waals surface area (Å²) in [5.41, 5.74) is 1.65. The van der Waals surface area contributed by atoms with E-state index in [2.05, 4.69) is 0 Å². The van der Waals surface area contributed by atoms with E-state index in [1.807, 2.05) is 26.0 Å². The Bertz CT molecular complexity index is 679. The van der Waals surface area contributed by atoms with Crippen molar-refractivity contribution in [3.05, 3.63) is 58.4 Å². The second-order valence-electron chi connectivity index (χ2n) is 5.92. The molecule has 2 rings (SSSR count). The highest BCUT2D eigenvalue weighted by atomic mass is 19.1. The predicted octanol–water partition coefficient (Wildman–Crippen LogP) is 5.03. The SMILES string of the molecule is COc1cc(CCc2c(F)cc(F)cc2F)cc(OC)c1C(C)C. The van der Waals surface area contributed by atoms with Crippen LogP contribution in [0.2, 0.25) is 0 Å². The molecular formula is C19H21F3O2. The average molecular weight is 338 g/mol. The van der Waals surface area contributed by atoms with E-state index in [9.17, 15) is 13.2 Å². The molecule has 0 aliphatic carbocycles. The van der Waals surface area contributed by atoms with Gasteiger partial charge in [0.05, 0.1) is 14.2 Å². The molecular weight excluding hydrogens is 317 g/mol. The lowest BCUT2D eigenvalue weighted by atomic mass is 9.96. The van der Waals surface area contributed by atoms with Gasteiger partial charge in [0.15, 0.2) is 0 Å². The van der Waals surface area contributed by atoms with Gasteiger partial charge in [-0.1, -0.05) is 13.8 Å². The van der Waals surface area contributed by atoms with Gasteiger partial charge < -0.3 is 9.47 Å². The van der Waals surface area contributed by atoms with Crippen LogP contribution in [0.5, 0.6) is 11.5 Å². The topological polar surface area (TPSA) is 18.5 Å². The number of benzene rings is 2. The first-order valence-electron chi connectivity index (χ1n) is 7.75. The lowest BCUT2D eigenvalue weighted by Gasteiger charge is -2.18. The van der Waals surface area contributed by atoms with Crippen LogP contribution in [0.3, 0.4) is 0 Å². The average Bonchev–Trinajstić information content (AvgIpc) is 2.52. The van der Waals surface area contributed by atoms with Crippen LogP contribution in [-0.2, 0) is 12.8 Å². The molecule has 0 heterocycles. The molecule has 0 saturated carbocycles. The van der Waals surface area contributed by atoms with Gasteiger partial charge in [0, 0.05) is 23.3 Å². The second kappa shape index (κ2) is 7.60. The summed E-state index contributed by atoms with van der Waals surface area (Å²) in [5.74, 6) is -1.09. The Balaban J connectivity index is 2.31. The molecule has 0 bridgehead atoms. The second-order valence-corrected chi connectivity index (χ2v) is 5.92. The van der Waals surface area contributed by atoms with Crippen LogP contribution in [0, 0.1) is 17.5 Å². The summed E-state index contributed by atoms with van der Waals surface area (Å²) in [5, 5.41) is 0. The highest BCUT2D eigenvalue weighted by molar-refractivity contribution is 5.50. The van der Waals surface area contributed by atoms with E-state index >= 15 is 0 Å². The number of methoxy groups -OCH3 is 2. The zero-order valence-corrected chi connectivity index (χ0v) is 14.3. The molecule has 0 saturated heterocycles. The normalized spacial score (nSPS) is 11.0. The van der Waals surface area contributed by atoms with Crippen molar-refractivity contribution in [2.75, 3.05) is 14.2 Å². The molecule has 0 radical (unpaired) electrons. The molecule has 2 aromatic carbocycles. The third-order valence-corrected chi connectivity index (χ3v) is 3.95. The van der Waals surface area contributed by atoms with Crippen molar-refractivity contribution < 1.29 is 22.6 Å². The first-order valence-corrected chi connectivity index (χ1v) is 7.75. The maximum absolute atomic E-state index is 13.7. The quantitative estimate of drug-likeness (QED) is 0.735. The van der Waals surface area contributed by atoms with Crippen molar-refractivity contribution in [3.8, 4) is 11.5 Å². The van der Waals surface area contributed by atoms with Crippen molar-refractivity contribution in [1.82, 2.24) is 0 Å². The Morgan fingerprint density at radius 2 is 1.33 bits per heavy atom. The molecule has 0 fully saturated rings. The van der Waals surface area contributed by atoms with Crippen LogP contribution in [0.25, 0.3) is 0 Å². The summed E-state index contributed by atoms with van der Waals surface area (Å²) < 4.78 is 51.3. The first-order chi connectivity index (χ1) is 11.4. The summed E-state index contributed by atoms with van der Waals surface area (Å²) in [6.45, 7) is 4.06. The van der Waals surface area contributed by atoms with Crippen LogP contribution >= 0.6 is 0 Å². The maximum Gasteiger partial charge on any atom is 0.132 e. The van der Waals surface area contributed by atoms with Crippen molar-refractivity contribution in [2.45, 2.75) is 32.6 Å². The predicted molar refractivity (Wildman–Crippen MR) is 87.4 cm³/mol. The number of aryl methyl sites for hydroxylation is 1. The lowest BCUT2D eigenvalue weighted by molar-refractivity contribution is 0.381. The fraction of sp³-hybridized carbons (Fsp3) is 0.368. The molecule has 0 spiro atoms. The Kier molecular flexibility index (Phi) is 5.75. The molecule has 5 heteroatoms. The van der Waals surface area contributed by atoms with Crippen LogP contribution in [0.4, 0.5) is 13.2 Å². The molecule has 24 heavy (non-hydrogen) atoms. The molecule has 0 amide bonds. The van der Waals surface area contributed by atoms with E-state index in [1.54, 1.807) is 14.2 Å². The third-order valence-electron chi connectivity index (χ3n) is 3.95. The zero-order valence-electron chi connectivity index (χ0n) is 14.3. The monoisotopic (exact) mass is 338 g/mol. The molecule has 0 unspecified atom stereocenters.